The summed E-state index contributed by atoms with van der Waals surface area (Å²) < 4.78 is 35.8. The minimum Gasteiger partial charge on any atom is -0.486 e. The maximum atomic E-state index is 12.2. The lowest BCUT2D eigenvalue weighted by molar-refractivity contribution is -0.121. The Bertz CT molecular complexity index is 883. The van der Waals surface area contributed by atoms with Gasteiger partial charge in [-0.3, -0.25) is 4.79 Å². The highest BCUT2D eigenvalue weighted by Crippen LogP contribution is 2.30. The number of benzene rings is 2. The zero-order valence-corrected chi connectivity index (χ0v) is 15.4. The number of hydrogen-bond acceptors (Lipinski definition) is 5. The van der Waals surface area contributed by atoms with Crippen molar-refractivity contribution in [2.24, 2.45) is 0 Å². The fourth-order valence-electron chi connectivity index (χ4n) is 2.47. The number of ether oxygens (including phenoxy) is 2. The highest BCUT2D eigenvalue weighted by Gasteiger charge is 2.22. The predicted octanol–water partition coefficient (Wildman–Crippen LogP) is 2.46. The summed E-state index contributed by atoms with van der Waals surface area (Å²) in [6.07, 6.45) is -0.448. The number of fused-ring (bicyclic) bond motifs is 1. The molecule has 0 fully saturated rings. The van der Waals surface area contributed by atoms with Crippen LogP contribution in [0.5, 0.6) is 11.5 Å². The largest absolute Gasteiger partial charge is 0.486 e. The maximum Gasteiger partial charge on any atom is 0.221 e. The molecule has 1 amide bonds. The molecule has 138 valence electrons. The van der Waals surface area contributed by atoms with E-state index in [-0.39, 0.29) is 35.6 Å². The number of sulfone groups is 1. The molecule has 1 aliphatic rings. The zero-order valence-electron chi connectivity index (χ0n) is 13.9. The van der Waals surface area contributed by atoms with E-state index < -0.39 is 9.84 Å². The molecule has 6 nitrogen and oxygen atoms in total. The summed E-state index contributed by atoms with van der Waals surface area (Å²) in [6.45, 7) is 0.564. The van der Waals surface area contributed by atoms with Crippen LogP contribution in [0.3, 0.4) is 0 Å². The van der Waals surface area contributed by atoms with Crippen LogP contribution in [0.2, 0.25) is 5.02 Å². The van der Waals surface area contributed by atoms with Crippen LogP contribution in [-0.4, -0.2) is 39.3 Å². The lowest BCUT2D eigenvalue weighted by atomic mass is 10.2. The molecule has 8 heteroatoms. The molecule has 2 aromatic carbocycles. The van der Waals surface area contributed by atoms with Crippen LogP contribution in [0.4, 0.5) is 0 Å². The molecule has 1 heterocycles. The quantitative estimate of drug-likeness (QED) is 0.812. The molecule has 0 aliphatic carbocycles. The summed E-state index contributed by atoms with van der Waals surface area (Å²) in [4.78, 5) is 12.1. The van der Waals surface area contributed by atoms with Crippen LogP contribution in [-0.2, 0) is 14.6 Å². The molecule has 1 unspecified atom stereocenters. The van der Waals surface area contributed by atoms with Crippen molar-refractivity contribution >= 4 is 27.3 Å². The molecule has 1 N–H and O–H groups in total. The summed E-state index contributed by atoms with van der Waals surface area (Å²) in [5.74, 6) is 0.670. The Kier molecular flexibility index (Phi) is 5.68. The van der Waals surface area contributed by atoms with Crippen LogP contribution < -0.4 is 14.8 Å². The normalized spacial score (nSPS) is 16.1. The number of carbonyl (C=O) groups is 1. The van der Waals surface area contributed by atoms with Crippen molar-refractivity contribution < 1.29 is 22.7 Å². The first-order valence-electron chi connectivity index (χ1n) is 8.07. The fourth-order valence-corrected chi connectivity index (χ4v) is 3.83. The minimum atomic E-state index is -3.53. The Balaban J connectivity index is 1.47. The van der Waals surface area contributed by atoms with Crippen LogP contribution in [0.1, 0.15) is 6.42 Å². The van der Waals surface area contributed by atoms with Crippen LogP contribution in [0.15, 0.2) is 53.4 Å². The van der Waals surface area contributed by atoms with Crippen molar-refractivity contribution in [1.29, 1.82) is 0 Å². The van der Waals surface area contributed by atoms with Gasteiger partial charge >= 0.3 is 0 Å². The Morgan fingerprint density at radius 1 is 1.12 bits per heavy atom. The third-order valence-corrected chi connectivity index (χ3v) is 5.85. The fraction of sp³-hybridized carbons (Fsp3) is 0.278. The van der Waals surface area contributed by atoms with Crippen molar-refractivity contribution in [3.63, 3.8) is 0 Å². The minimum absolute atomic E-state index is 0.130. The lowest BCUT2D eigenvalue weighted by Crippen LogP contribution is -2.41. The summed E-state index contributed by atoms with van der Waals surface area (Å²) in [5.41, 5.74) is 0. The van der Waals surface area contributed by atoms with Crippen molar-refractivity contribution in [3.8, 4) is 11.5 Å². The van der Waals surface area contributed by atoms with E-state index in [2.05, 4.69) is 5.32 Å². The molecule has 1 atom stereocenters. The number of rotatable bonds is 6. The van der Waals surface area contributed by atoms with Crippen molar-refractivity contribution in [2.75, 3.05) is 18.9 Å². The number of para-hydroxylation sites is 2. The van der Waals surface area contributed by atoms with E-state index >= 15 is 0 Å². The van der Waals surface area contributed by atoms with Crippen LogP contribution in [0, 0.1) is 0 Å². The van der Waals surface area contributed by atoms with Gasteiger partial charge in [-0.05, 0) is 36.4 Å². The van der Waals surface area contributed by atoms with Gasteiger partial charge in [-0.15, -0.1) is 0 Å². The monoisotopic (exact) mass is 395 g/mol. The SMILES string of the molecule is O=C(CCS(=O)(=O)c1ccc(Cl)cc1)NCC1COc2ccccc2O1. The number of carbonyl (C=O) groups excluding carboxylic acids is 1. The van der Waals surface area contributed by atoms with Gasteiger partial charge in [-0.1, -0.05) is 23.7 Å². The van der Waals surface area contributed by atoms with Crippen molar-refractivity contribution in [3.05, 3.63) is 53.6 Å². The van der Waals surface area contributed by atoms with Gasteiger partial charge in [-0.2, -0.15) is 0 Å². The van der Waals surface area contributed by atoms with Crippen LogP contribution in [0.25, 0.3) is 0 Å². The van der Waals surface area contributed by atoms with Gasteiger partial charge in [-0.25, -0.2) is 8.42 Å². The highest BCUT2D eigenvalue weighted by atomic mass is 35.5. The molecule has 0 saturated heterocycles. The number of nitrogens with one attached hydrogen (secondary N) is 1. The summed E-state index contributed by atoms with van der Waals surface area (Å²) >= 11 is 5.75. The third-order valence-electron chi connectivity index (χ3n) is 3.87. The van der Waals surface area contributed by atoms with E-state index in [1.807, 2.05) is 18.2 Å². The molecule has 3 rings (SSSR count). The van der Waals surface area contributed by atoms with Crippen molar-refractivity contribution in [1.82, 2.24) is 5.32 Å². The second-order valence-electron chi connectivity index (χ2n) is 5.82. The average Bonchev–Trinajstić information content (AvgIpc) is 2.65. The average molecular weight is 396 g/mol. The topological polar surface area (TPSA) is 81.7 Å². The predicted molar refractivity (Wildman–Crippen MR) is 97.5 cm³/mol. The Hall–Kier alpha value is -2.25. The van der Waals surface area contributed by atoms with Gasteiger partial charge in [0.25, 0.3) is 0 Å². The maximum absolute atomic E-state index is 12.2. The van der Waals surface area contributed by atoms with E-state index in [4.69, 9.17) is 21.1 Å². The second-order valence-corrected chi connectivity index (χ2v) is 8.37. The van der Waals surface area contributed by atoms with Gasteiger partial charge in [0.1, 0.15) is 12.7 Å². The molecule has 0 saturated carbocycles. The van der Waals surface area contributed by atoms with Gasteiger partial charge in [0, 0.05) is 11.4 Å². The van der Waals surface area contributed by atoms with E-state index in [0.717, 1.165) is 0 Å². The van der Waals surface area contributed by atoms with Gasteiger partial charge in [0.15, 0.2) is 21.3 Å². The van der Waals surface area contributed by atoms with Crippen molar-refractivity contribution in [2.45, 2.75) is 17.4 Å². The Morgan fingerprint density at radius 3 is 2.54 bits per heavy atom. The first-order chi connectivity index (χ1) is 12.4. The summed E-state index contributed by atoms with van der Waals surface area (Å²) in [6, 6.07) is 13.2. The molecule has 26 heavy (non-hydrogen) atoms. The smallest absolute Gasteiger partial charge is 0.221 e. The number of halogens is 1. The second kappa shape index (κ2) is 7.97. The van der Waals surface area contributed by atoms with E-state index in [0.29, 0.717) is 23.1 Å². The molecule has 0 aromatic heterocycles. The third kappa shape index (κ3) is 4.68. The number of hydrogen-bond donors (Lipinski definition) is 1. The van der Waals surface area contributed by atoms with E-state index in [1.165, 1.54) is 24.3 Å². The first-order valence-corrected chi connectivity index (χ1v) is 10.1. The van der Waals surface area contributed by atoms with E-state index in [1.54, 1.807) is 6.07 Å². The molecular weight excluding hydrogens is 378 g/mol. The van der Waals surface area contributed by atoms with E-state index in [9.17, 15) is 13.2 Å². The number of amides is 1. The molecule has 0 spiro atoms. The molecule has 2 aromatic rings. The zero-order chi connectivity index (χ0) is 18.6. The van der Waals surface area contributed by atoms with Gasteiger partial charge < -0.3 is 14.8 Å². The lowest BCUT2D eigenvalue weighted by Gasteiger charge is -2.26. The Labute approximate surface area is 157 Å². The van der Waals surface area contributed by atoms with Crippen LogP contribution >= 0.6 is 11.6 Å². The van der Waals surface area contributed by atoms with Gasteiger partial charge in [0.2, 0.25) is 5.91 Å². The Morgan fingerprint density at radius 2 is 1.81 bits per heavy atom. The van der Waals surface area contributed by atoms with Gasteiger partial charge in [0.05, 0.1) is 17.2 Å². The summed E-state index contributed by atoms with van der Waals surface area (Å²) in [5, 5.41) is 3.14. The first kappa shape index (κ1) is 18.5. The standard InChI is InChI=1S/C18H18ClNO5S/c19-13-5-7-15(8-6-13)26(22,23)10-9-18(21)20-11-14-12-24-16-3-1-2-4-17(16)25-14/h1-8,14H,9-12H2,(H,20,21). The molecular formula is C18H18ClNO5S. The molecule has 0 bridgehead atoms. The molecule has 1 aliphatic heterocycles. The summed E-state index contributed by atoms with van der Waals surface area (Å²) in [7, 11) is -3.53. The highest BCUT2D eigenvalue weighted by molar-refractivity contribution is 7.91. The molecule has 0 radical (unpaired) electrons.